The largest absolute Gasteiger partial charge is 0.433 e. The minimum absolute atomic E-state index is 0. The van der Waals surface area contributed by atoms with Gasteiger partial charge in [0.2, 0.25) is 0 Å². The predicted molar refractivity (Wildman–Crippen MR) is 112 cm³/mol. The number of carbonyl (C=O) groups excluding carboxylic acids is 1. The van der Waals surface area contributed by atoms with Crippen LogP contribution >= 0.6 is 23.7 Å². The molecule has 1 amide bonds. The highest BCUT2D eigenvalue weighted by Gasteiger charge is 2.27. The Morgan fingerprint density at radius 3 is 2.53 bits per heavy atom. The highest BCUT2D eigenvalue weighted by Crippen LogP contribution is 2.32. The van der Waals surface area contributed by atoms with Crippen molar-refractivity contribution >= 4 is 50.9 Å². The van der Waals surface area contributed by atoms with Gasteiger partial charge in [-0.1, -0.05) is 25.2 Å². The number of nitrogens with zero attached hydrogens (tertiary/aromatic N) is 4. The molecular weight excluding hydrogens is 442 g/mol. The second-order valence-electron chi connectivity index (χ2n) is 6.11. The number of furan rings is 1. The summed E-state index contributed by atoms with van der Waals surface area (Å²) in [6.45, 7) is 6.14. The molecule has 0 aliphatic heterocycles. The minimum Gasteiger partial charge on any atom is -0.395 e. The molecule has 0 saturated carbocycles. The van der Waals surface area contributed by atoms with E-state index < -0.39 is 28.3 Å². The van der Waals surface area contributed by atoms with Gasteiger partial charge in [0.1, 0.15) is 16.3 Å². The minimum atomic E-state index is -0.827. The molecule has 0 bridgehead atoms. The van der Waals surface area contributed by atoms with Gasteiger partial charge in [-0.15, -0.1) is 12.4 Å². The van der Waals surface area contributed by atoms with Gasteiger partial charge >= 0.3 is 5.88 Å². The average molecular weight is 461 g/mol. The molecule has 0 aliphatic rings. The Balaban J connectivity index is 0.00000320. The highest BCUT2D eigenvalue weighted by atomic mass is 35.5. The predicted octanol–water partition coefficient (Wildman–Crippen LogP) is 4.49. The van der Waals surface area contributed by atoms with E-state index in [0.717, 1.165) is 42.6 Å². The summed E-state index contributed by atoms with van der Waals surface area (Å²) in [6, 6.07) is 4.16. The molecule has 0 radical (unpaired) electrons. The maximum absolute atomic E-state index is 14.1. The second kappa shape index (κ2) is 9.92. The number of carbonyl (C=O) groups is 1. The molecule has 30 heavy (non-hydrogen) atoms. The van der Waals surface area contributed by atoms with Crippen molar-refractivity contribution in [1.29, 1.82) is 0 Å². The monoisotopic (exact) mass is 460 g/mol. The van der Waals surface area contributed by atoms with Crippen molar-refractivity contribution < 1.29 is 22.9 Å². The van der Waals surface area contributed by atoms with Gasteiger partial charge in [-0.25, -0.2) is 13.8 Å². The van der Waals surface area contributed by atoms with E-state index in [1.54, 1.807) is 0 Å². The van der Waals surface area contributed by atoms with E-state index in [1.807, 2.05) is 13.8 Å². The molecule has 0 saturated heterocycles. The number of nitro groups is 1. The fourth-order valence-corrected chi connectivity index (χ4v) is 3.83. The summed E-state index contributed by atoms with van der Waals surface area (Å²) in [5.74, 6) is -3.01. The molecule has 0 unspecified atom stereocenters. The van der Waals surface area contributed by atoms with Gasteiger partial charge in [-0.2, -0.15) is 0 Å². The second-order valence-corrected chi connectivity index (χ2v) is 7.12. The molecule has 2 heterocycles. The van der Waals surface area contributed by atoms with Crippen LogP contribution in [0, 0.1) is 21.7 Å². The number of thiazole rings is 1. The van der Waals surface area contributed by atoms with E-state index in [2.05, 4.69) is 9.88 Å². The smallest absolute Gasteiger partial charge is 0.395 e. The molecule has 8 nitrogen and oxygen atoms in total. The van der Waals surface area contributed by atoms with E-state index in [1.165, 1.54) is 11.0 Å². The molecule has 12 heteroatoms. The number of hydrogen-bond donors (Lipinski definition) is 0. The lowest BCUT2D eigenvalue weighted by Gasteiger charge is -2.23. The van der Waals surface area contributed by atoms with Gasteiger partial charge in [0.15, 0.2) is 16.7 Å². The van der Waals surface area contributed by atoms with E-state index in [0.29, 0.717) is 6.54 Å². The zero-order valence-electron chi connectivity index (χ0n) is 16.1. The zero-order valence-corrected chi connectivity index (χ0v) is 17.8. The summed E-state index contributed by atoms with van der Waals surface area (Å²) in [5, 5.41) is 11.0. The molecule has 162 valence electrons. The van der Waals surface area contributed by atoms with Crippen molar-refractivity contribution in [2.24, 2.45) is 0 Å². The topological polar surface area (TPSA) is 92.7 Å². The Bertz CT molecular complexity index is 1050. The van der Waals surface area contributed by atoms with E-state index in [9.17, 15) is 23.7 Å². The lowest BCUT2D eigenvalue weighted by Crippen LogP contribution is -2.38. The average Bonchev–Trinajstić information content (AvgIpc) is 3.32. The first-order chi connectivity index (χ1) is 13.8. The lowest BCUT2D eigenvalue weighted by molar-refractivity contribution is -0.402. The molecule has 0 spiro atoms. The maximum Gasteiger partial charge on any atom is 0.433 e. The van der Waals surface area contributed by atoms with Gasteiger partial charge < -0.3 is 9.32 Å². The van der Waals surface area contributed by atoms with Crippen LogP contribution in [0.4, 0.5) is 19.8 Å². The normalized spacial score (nSPS) is 11.0. The highest BCUT2D eigenvalue weighted by molar-refractivity contribution is 7.22. The molecular formula is C18H19ClF2N4O4S. The van der Waals surface area contributed by atoms with Crippen molar-refractivity contribution in [2.45, 2.75) is 13.8 Å². The number of halogens is 3. The molecule has 0 aliphatic carbocycles. The number of anilines is 1. The lowest BCUT2D eigenvalue weighted by atomic mass is 10.3. The van der Waals surface area contributed by atoms with E-state index >= 15 is 0 Å². The van der Waals surface area contributed by atoms with Gasteiger partial charge in [0, 0.05) is 19.2 Å². The summed E-state index contributed by atoms with van der Waals surface area (Å²) >= 11 is 0.957. The third-order valence-electron chi connectivity index (χ3n) is 4.39. The van der Waals surface area contributed by atoms with Crippen LogP contribution in [0.1, 0.15) is 24.4 Å². The summed E-state index contributed by atoms with van der Waals surface area (Å²) in [5.41, 5.74) is -0.0440. The summed E-state index contributed by atoms with van der Waals surface area (Å²) in [6.07, 6.45) is 0. The van der Waals surface area contributed by atoms with Gasteiger partial charge in [0.05, 0.1) is 10.8 Å². The van der Waals surface area contributed by atoms with Crippen LogP contribution in [0.3, 0.4) is 0 Å². The Morgan fingerprint density at radius 1 is 1.23 bits per heavy atom. The van der Waals surface area contributed by atoms with Crippen molar-refractivity contribution in [2.75, 3.05) is 31.1 Å². The number of benzene rings is 1. The molecule has 0 atom stereocenters. The fraction of sp³-hybridized carbons (Fsp3) is 0.333. The molecule has 3 aromatic rings. The standard InChI is InChI=1S/C18H18F2N4O4S.ClH/c1-3-22(4-2)7-8-23(17(25)13-5-6-15(28-13)24(26)27)18-21-16-12(20)9-11(19)10-14(16)29-18;/h5-6,9-10H,3-4,7-8H2,1-2H3;1H. The fourth-order valence-electron chi connectivity index (χ4n) is 2.80. The van der Waals surface area contributed by atoms with Crippen molar-refractivity contribution in [3.8, 4) is 0 Å². The van der Waals surface area contributed by atoms with Gasteiger partial charge in [0.25, 0.3) is 5.91 Å². The molecule has 2 aromatic heterocycles. The summed E-state index contributed by atoms with van der Waals surface area (Å²) in [4.78, 5) is 30.6. The SMILES string of the molecule is CCN(CC)CCN(C(=O)c1ccc([N+](=O)[O-])o1)c1nc2c(F)cc(F)cc2s1.Cl. The van der Waals surface area contributed by atoms with Crippen LogP contribution in [0.15, 0.2) is 28.7 Å². The van der Waals surface area contributed by atoms with Crippen LogP contribution in [0.2, 0.25) is 0 Å². The first kappa shape index (κ1) is 23.6. The maximum atomic E-state index is 14.1. The van der Waals surface area contributed by atoms with E-state index in [-0.39, 0.29) is 40.1 Å². The zero-order chi connectivity index (χ0) is 21.1. The number of aromatic nitrogens is 1. The molecule has 0 N–H and O–H groups in total. The molecule has 1 aromatic carbocycles. The van der Waals surface area contributed by atoms with Crippen LogP contribution in [-0.2, 0) is 0 Å². The number of likely N-dealkylation sites (N-methyl/N-ethyl adjacent to an activating group) is 1. The first-order valence-corrected chi connectivity index (χ1v) is 9.69. The summed E-state index contributed by atoms with van der Waals surface area (Å²) < 4.78 is 32.9. The Kier molecular flexibility index (Phi) is 7.82. The summed E-state index contributed by atoms with van der Waals surface area (Å²) in [7, 11) is 0. The van der Waals surface area contributed by atoms with Crippen LogP contribution in [0.5, 0.6) is 0 Å². The van der Waals surface area contributed by atoms with Crippen LogP contribution in [0.25, 0.3) is 10.2 Å². The van der Waals surface area contributed by atoms with Crippen molar-refractivity contribution in [3.63, 3.8) is 0 Å². The Labute approximate surface area is 180 Å². The van der Waals surface area contributed by atoms with E-state index in [4.69, 9.17) is 4.42 Å². The van der Waals surface area contributed by atoms with Gasteiger partial charge in [-0.05, 0) is 25.2 Å². The Morgan fingerprint density at radius 2 is 1.93 bits per heavy atom. The number of rotatable bonds is 8. The van der Waals surface area contributed by atoms with Crippen molar-refractivity contribution in [1.82, 2.24) is 9.88 Å². The molecule has 0 fully saturated rings. The van der Waals surface area contributed by atoms with Crippen LogP contribution < -0.4 is 4.90 Å². The first-order valence-electron chi connectivity index (χ1n) is 8.88. The number of hydrogen-bond acceptors (Lipinski definition) is 7. The van der Waals surface area contributed by atoms with Gasteiger partial charge in [-0.3, -0.25) is 19.8 Å². The Hall–Kier alpha value is -2.63. The quantitative estimate of drug-likeness (QED) is 0.363. The third kappa shape index (κ3) is 4.91. The number of fused-ring (bicyclic) bond motifs is 1. The molecule has 3 rings (SSSR count). The van der Waals surface area contributed by atoms with Crippen molar-refractivity contribution in [3.05, 3.63) is 51.8 Å². The number of amides is 1. The third-order valence-corrected chi connectivity index (χ3v) is 5.42. The van der Waals surface area contributed by atoms with Crippen LogP contribution in [-0.4, -0.2) is 46.9 Å².